The van der Waals surface area contributed by atoms with Crippen molar-refractivity contribution in [2.24, 2.45) is 5.73 Å². The molecule has 1 aromatic carbocycles. The number of carbonyl (C=O) groups is 2. The topological polar surface area (TPSA) is 76.3 Å². The first-order chi connectivity index (χ1) is 9.70. The second kappa shape index (κ2) is 4.92. The molecular formula is C15H15N3O2. The Bertz CT molecular complexity index is 684. The van der Waals surface area contributed by atoms with Crippen molar-refractivity contribution in [3.63, 3.8) is 0 Å². The van der Waals surface area contributed by atoms with Gasteiger partial charge in [0.1, 0.15) is 11.9 Å². The standard InChI is InChI=1S/C15H15N3O2/c16-14(20)13-6-3-7-18(13)15-11(9-19)8-10-4-1-2-5-12(10)17-15/h1-2,4-5,8-9,13H,3,6-7H2,(H2,16,20). The Morgan fingerprint density at radius 1 is 1.40 bits per heavy atom. The smallest absolute Gasteiger partial charge is 0.240 e. The zero-order valence-corrected chi connectivity index (χ0v) is 11.0. The Labute approximate surface area is 116 Å². The van der Waals surface area contributed by atoms with Gasteiger partial charge in [0.25, 0.3) is 0 Å². The normalized spacial score (nSPS) is 18.4. The molecular weight excluding hydrogens is 254 g/mol. The number of anilines is 1. The molecule has 1 saturated heterocycles. The number of carbonyl (C=O) groups excluding carboxylic acids is 2. The Kier molecular flexibility index (Phi) is 3.10. The van der Waals surface area contributed by atoms with Crippen LogP contribution in [0, 0.1) is 0 Å². The van der Waals surface area contributed by atoms with Crippen LogP contribution in [-0.2, 0) is 4.79 Å². The highest BCUT2D eigenvalue weighted by atomic mass is 16.1. The maximum Gasteiger partial charge on any atom is 0.240 e. The van der Waals surface area contributed by atoms with E-state index in [4.69, 9.17) is 5.73 Å². The summed E-state index contributed by atoms with van der Waals surface area (Å²) in [4.78, 5) is 29.2. The lowest BCUT2D eigenvalue weighted by molar-refractivity contribution is -0.119. The molecule has 1 aromatic heterocycles. The minimum atomic E-state index is -0.373. The van der Waals surface area contributed by atoms with E-state index < -0.39 is 0 Å². The molecule has 1 amide bonds. The molecule has 2 N–H and O–H groups in total. The third-order valence-corrected chi connectivity index (χ3v) is 3.71. The second-order valence-corrected chi connectivity index (χ2v) is 4.97. The molecule has 0 bridgehead atoms. The van der Waals surface area contributed by atoms with E-state index in [1.807, 2.05) is 29.2 Å². The van der Waals surface area contributed by atoms with Crippen LogP contribution in [0.2, 0.25) is 0 Å². The number of fused-ring (bicyclic) bond motifs is 1. The molecule has 1 aliphatic heterocycles. The molecule has 1 aliphatic rings. The lowest BCUT2D eigenvalue weighted by atomic mass is 10.1. The minimum Gasteiger partial charge on any atom is -0.368 e. The molecule has 0 spiro atoms. The Morgan fingerprint density at radius 2 is 2.20 bits per heavy atom. The van der Waals surface area contributed by atoms with Gasteiger partial charge in [-0.2, -0.15) is 0 Å². The predicted molar refractivity (Wildman–Crippen MR) is 76.7 cm³/mol. The number of primary amides is 1. The molecule has 3 rings (SSSR count). The number of amides is 1. The quantitative estimate of drug-likeness (QED) is 0.857. The summed E-state index contributed by atoms with van der Waals surface area (Å²) >= 11 is 0. The summed E-state index contributed by atoms with van der Waals surface area (Å²) in [6, 6.07) is 9.04. The summed E-state index contributed by atoms with van der Waals surface area (Å²) in [5, 5.41) is 0.910. The van der Waals surface area contributed by atoms with Gasteiger partial charge in [-0.15, -0.1) is 0 Å². The number of nitrogens with zero attached hydrogens (tertiary/aromatic N) is 2. The van der Waals surface area contributed by atoms with Gasteiger partial charge in [-0.25, -0.2) is 4.98 Å². The fraction of sp³-hybridized carbons (Fsp3) is 0.267. The number of hydrogen-bond acceptors (Lipinski definition) is 4. The number of aromatic nitrogens is 1. The largest absolute Gasteiger partial charge is 0.368 e. The highest BCUT2D eigenvalue weighted by Gasteiger charge is 2.31. The number of benzene rings is 1. The van der Waals surface area contributed by atoms with Gasteiger partial charge in [0, 0.05) is 11.9 Å². The third-order valence-electron chi connectivity index (χ3n) is 3.71. The van der Waals surface area contributed by atoms with Gasteiger partial charge in [0.05, 0.1) is 11.1 Å². The van der Waals surface area contributed by atoms with Crippen LogP contribution in [0.3, 0.4) is 0 Å². The Balaban J connectivity index is 2.14. The van der Waals surface area contributed by atoms with Crippen molar-refractivity contribution in [3.05, 3.63) is 35.9 Å². The molecule has 1 atom stereocenters. The third kappa shape index (κ3) is 2.01. The van der Waals surface area contributed by atoms with E-state index in [0.29, 0.717) is 24.3 Å². The van der Waals surface area contributed by atoms with Crippen LogP contribution in [0.1, 0.15) is 23.2 Å². The lowest BCUT2D eigenvalue weighted by Crippen LogP contribution is -2.41. The average Bonchev–Trinajstić information content (AvgIpc) is 2.95. The molecule has 2 aromatic rings. The van der Waals surface area contributed by atoms with E-state index in [1.54, 1.807) is 6.07 Å². The van der Waals surface area contributed by atoms with Crippen molar-refractivity contribution in [2.45, 2.75) is 18.9 Å². The molecule has 1 unspecified atom stereocenters. The van der Waals surface area contributed by atoms with Crippen LogP contribution in [0.15, 0.2) is 30.3 Å². The molecule has 0 saturated carbocycles. The van der Waals surface area contributed by atoms with Gasteiger partial charge in [-0.1, -0.05) is 18.2 Å². The first-order valence-corrected chi connectivity index (χ1v) is 6.61. The number of rotatable bonds is 3. The van der Waals surface area contributed by atoms with Crippen molar-refractivity contribution in [2.75, 3.05) is 11.4 Å². The minimum absolute atomic E-state index is 0.366. The Hall–Kier alpha value is -2.43. The average molecular weight is 269 g/mol. The fourth-order valence-electron chi connectivity index (χ4n) is 2.75. The zero-order valence-electron chi connectivity index (χ0n) is 11.0. The van der Waals surface area contributed by atoms with Gasteiger partial charge in [0.15, 0.2) is 6.29 Å². The second-order valence-electron chi connectivity index (χ2n) is 4.97. The number of nitrogens with two attached hydrogens (primary N) is 1. The van der Waals surface area contributed by atoms with Gasteiger partial charge >= 0.3 is 0 Å². The maximum absolute atomic E-state index is 11.5. The molecule has 0 radical (unpaired) electrons. The molecule has 102 valence electrons. The predicted octanol–water partition coefficient (Wildman–Crippen LogP) is 1.50. The van der Waals surface area contributed by atoms with Crippen molar-refractivity contribution >= 4 is 28.9 Å². The summed E-state index contributed by atoms with van der Waals surface area (Å²) in [7, 11) is 0. The van der Waals surface area contributed by atoms with Crippen LogP contribution in [0.25, 0.3) is 10.9 Å². The van der Waals surface area contributed by atoms with Crippen molar-refractivity contribution in [3.8, 4) is 0 Å². The SMILES string of the molecule is NC(=O)C1CCCN1c1nc2ccccc2cc1C=O. The number of para-hydroxylation sites is 1. The lowest BCUT2D eigenvalue weighted by Gasteiger charge is -2.24. The number of pyridine rings is 1. The summed E-state index contributed by atoms with van der Waals surface area (Å²) in [5.74, 6) is 0.189. The first-order valence-electron chi connectivity index (χ1n) is 6.61. The van der Waals surface area contributed by atoms with Crippen LogP contribution < -0.4 is 10.6 Å². The van der Waals surface area contributed by atoms with Crippen LogP contribution in [0.5, 0.6) is 0 Å². The summed E-state index contributed by atoms with van der Waals surface area (Å²) < 4.78 is 0. The van der Waals surface area contributed by atoms with Crippen molar-refractivity contribution in [1.29, 1.82) is 0 Å². The number of aldehydes is 1. The van der Waals surface area contributed by atoms with Gasteiger partial charge < -0.3 is 10.6 Å². The first kappa shape index (κ1) is 12.6. The molecule has 5 nitrogen and oxygen atoms in total. The molecule has 20 heavy (non-hydrogen) atoms. The fourth-order valence-corrected chi connectivity index (χ4v) is 2.75. The van der Waals surface area contributed by atoms with E-state index in [-0.39, 0.29) is 11.9 Å². The van der Waals surface area contributed by atoms with Gasteiger partial charge in [-0.3, -0.25) is 9.59 Å². The molecule has 2 heterocycles. The van der Waals surface area contributed by atoms with E-state index in [0.717, 1.165) is 23.6 Å². The van der Waals surface area contributed by atoms with E-state index in [2.05, 4.69) is 4.98 Å². The Morgan fingerprint density at radius 3 is 2.95 bits per heavy atom. The number of hydrogen-bond donors (Lipinski definition) is 1. The van der Waals surface area contributed by atoms with E-state index >= 15 is 0 Å². The molecule has 5 heteroatoms. The van der Waals surface area contributed by atoms with Crippen LogP contribution in [0.4, 0.5) is 5.82 Å². The van der Waals surface area contributed by atoms with Crippen molar-refractivity contribution < 1.29 is 9.59 Å². The summed E-state index contributed by atoms with van der Waals surface area (Å²) in [6.07, 6.45) is 2.37. The highest BCUT2D eigenvalue weighted by Crippen LogP contribution is 2.28. The van der Waals surface area contributed by atoms with Crippen LogP contribution >= 0.6 is 0 Å². The molecule has 1 fully saturated rings. The van der Waals surface area contributed by atoms with Crippen LogP contribution in [-0.4, -0.2) is 29.8 Å². The van der Waals surface area contributed by atoms with E-state index in [1.165, 1.54) is 0 Å². The van der Waals surface area contributed by atoms with E-state index in [9.17, 15) is 9.59 Å². The van der Waals surface area contributed by atoms with Crippen molar-refractivity contribution in [1.82, 2.24) is 4.98 Å². The van der Waals surface area contributed by atoms with Gasteiger partial charge in [-0.05, 0) is 25.0 Å². The summed E-state index contributed by atoms with van der Waals surface area (Å²) in [5.41, 5.74) is 6.74. The highest BCUT2D eigenvalue weighted by molar-refractivity contribution is 5.93. The molecule has 0 aliphatic carbocycles. The zero-order chi connectivity index (χ0) is 14.1. The summed E-state index contributed by atoms with van der Waals surface area (Å²) in [6.45, 7) is 0.694. The maximum atomic E-state index is 11.5. The van der Waals surface area contributed by atoms with Gasteiger partial charge in [0.2, 0.25) is 5.91 Å². The monoisotopic (exact) mass is 269 g/mol.